The van der Waals surface area contributed by atoms with Gasteiger partial charge in [0.2, 0.25) is 11.1 Å². The van der Waals surface area contributed by atoms with Gasteiger partial charge in [0.05, 0.1) is 5.75 Å². The number of carbonyl (C=O) groups is 2. The Morgan fingerprint density at radius 2 is 2.04 bits per heavy atom. The minimum atomic E-state index is -1.29. The molecule has 0 spiro atoms. The summed E-state index contributed by atoms with van der Waals surface area (Å²) in [5.74, 6) is 4.08. The third-order valence-electron chi connectivity index (χ3n) is 3.50. The number of aromatic nitrogens is 3. The molecule has 0 saturated heterocycles. The summed E-state index contributed by atoms with van der Waals surface area (Å²) in [6, 6.07) is 7.47. The molecule has 2 aromatic rings. The first-order valence-electron chi connectivity index (χ1n) is 7.86. The topological polar surface area (TPSA) is 143 Å². The molecule has 0 aliphatic carbocycles. The van der Waals surface area contributed by atoms with Crippen LogP contribution >= 0.6 is 11.8 Å². The second-order valence-corrected chi connectivity index (χ2v) is 6.27. The van der Waals surface area contributed by atoms with Crippen LogP contribution in [0.4, 0.5) is 5.69 Å². The maximum atomic E-state index is 12.1. The van der Waals surface area contributed by atoms with Crippen LogP contribution in [0, 0.1) is 0 Å². The number of carboxylic acid groups (broad SMARTS) is 1. The first kappa shape index (κ1) is 19.4. The van der Waals surface area contributed by atoms with Gasteiger partial charge >= 0.3 is 0 Å². The lowest BCUT2D eigenvalue weighted by Gasteiger charge is -2.10. The maximum absolute atomic E-state index is 12.1. The fourth-order valence-electron chi connectivity index (χ4n) is 2.16. The Kier molecular flexibility index (Phi) is 6.73. The van der Waals surface area contributed by atoms with Gasteiger partial charge in [0.15, 0.2) is 0 Å². The van der Waals surface area contributed by atoms with E-state index in [1.54, 1.807) is 0 Å². The quantitative estimate of drug-likeness (QED) is 0.456. The molecule has 2 rings (SSSR count). The number of carboxylic acids is 1. The number of aryl methyl sites for hydroxylation is 2. The van der Waals surface area contributed by atoms with Crippen LogP contribution in [0.25, 0.3) is 0 Å². The van der Waals surface area contributed by atoms with E-state index in [1.807, 2.05) is 31.2 Å². The highest BCUT2D eigenvalue weighted by Crippen LogP contribution is 2.17. The average molecular weight is 376 g/mol. The SMILES string of the molecule is CCc1ccccc1NC(=O)CSc1nnc(CCC(=O)[O-])c(=O)n1N. The van der Waals surface area contributed by atoms with Crippen molar-refractivity contribution in [1.82, 2.24) is 14.9 Å². The monoisotopic (exact) mass is 376 g/mol. The van der Waals surface area contributed by atoms with Crippen LogP contribution in [-0.2, 0) is 22.4 Å². The van der Waals surface area contributed by atoms with Gasteiger partial charge in [-0.25, -0.2) is 0 Å². The van der Waals surface area contributed by atoms with E-state index in [-0.39, 0.29) is 35.4 Å². The van der Waals surface area contributed by atoms with Crippen LogP contribution in [0.15, 0.2) is 34.2 Å². The van der Waals surface area contributed by atoms with Crippen molar-refractivity contribution in [2.24, 2.45) is 0 Å². The van der Waals surface area contributed by atoms with E-state index in [0.29, 0.717) is 0 Å². The smallest absolute Gasteiger partial charge is 0.294 e. The zero-order valence-electron chi connectivity index (χ0n) is 14.1. The Labute approximate surface area is 153 Å². The maximum Gasteiger partial charge on any atom is 0.294 e. The molecule has 1 aromatic heterocycles. The number of anilines is 1. The van der Waals surface area contributed by atoms with E-state index in [4.69, 9.17) is 5.84 Å². The van der Waals surface area contributed by atoms with Gasteiger partial charge in [-0.2, -0.15) is 4.68 Å². The summed E-state index contributed by atoms with van der Waals surface area (Å²) in [7, 11) is 0. The predicted molar refractivity (Wildman–Crippen MR) is 94.9 cm³/mol. The zero-order chi connectivity index (χ0) is 19.1. The number of nitrogens with two attached hydrogens (primary N) is 1. The van der Waals surface area contributed by atoms with Crippen LogP contribution in [0.2, 0.25) is 0 Å². The molecule has 0 unspecified atom stereocenters. The standard InChI is InChI=1S/C16H19N5O4S/c1-2-10-5-3-4-6-11(10)18-13(22)9-26-16-20-19-12(7-8-14(23)24)15(25)21(16)17/h3-6H,2,7-9,17H2,1H3,(H,18,22)(H,23,24)/p-1. The number of para-hydroxylation sites is 1. The van der Waals surface area contributed by atoms with Crippen LogP contribution < -0.4 is 21.8 Å². The summed E-state index contributed by atoms with van der Waals surface area (Å²) in [4.78, 5) is 34.6. The van der Waals surface area contributed by atoms with Gasteiger partial charge in [0, 0.05) is 18.1 Å². The third-order valence-corrected chi connectivity index (χ3v) is 4.44. The molecule has 9 nitrogen and oxygen atoms in total. The molecule has 0 atom stereocenters. The van der Waals surface area contributed by atoms with Crippen molar-refractivity contribution in [3.05, 3.63) is 45.9 Å². The summed E-state index contributed by atoms with van der Waals surface area (Å²) in [6.45, 7) is 1.99. The van der Waals surface area contributed by atoms with E-state index in [9.17, 15) is 19.5 Å². The van der Waals surface area contributed by atoms with Gasteiger partial charge in [-0.05, 0) is 24.5 Å². The molecule has 0 aliphatic heterocycles. The normalized spacial score (nSPS) is 10.5. The number of amides is 1. The van der Waals surface area contributed by atoms with Crippen LogP contribution in [0.5, 0.6) is 0 Å². The van der Waals surface area contributed by atoms with E-state index in [2.05, 4.69) is 15.5 Å². The zero-order valence-corrected chi connectivity index (χ0v) is 14.9. The van der Waals surface area contributed by atoms with Crippen molar-refractivity contribution >= 4 is 29.3 Å². The fraction of sp³-hybridized carbons (Fsp3) is 0.312. The Balaban J connectivity index is 2.00. The minimum absolute atomic E-state index is 0.0121. The lowest BCUT2D eigenvalue weighted by molar-refractivity contribution is -0.305. The number of nitrogens with one attached hydrogen (secondary N) is 1. The number of hydrogen-bond donors (Lipinski definition) is 2. The van der Waals surface area contributed by atoms with Gasteiger partial charge in [-0.15, -0.1) is 10.2 Å². The van der Waals surface area contributed by atoms with Gasteiger partial charge in [0.25, 0.3) is 5.56 Å². The van der Waals surface area contributed by atoms with E-state index in [0.717, 1.165) is 34.1 Å². The first-order valence-corrected chi connectivity index (χ1v) is 8.85. The number of aliphatic carboxylic acids is 1. The lowest BCUT2D eigenvalue weighted by Crippen LogP contribution is -2.34. The highest BCUT2D eigenvalue weighted by atomic mass is 32.2. The van der Waals surface area contributed by atoms with Crippen molar-refractivity contribution in [2.45, 2.75) is 31.3 Å². The Hall–Kier alpha value is -2.88. The number of thioether (sulfide) groups is 1. The molecule has 1 aromatic carbocycles. The molecule has 3 N–H and O–H groups in total. The summed E-state index contributed by atoms with van der Waals surface area (Å²) in [5, 5.41) is 20.8. The molecular weight excluding hydrogens is 358 g/mol. The molecule has 0 radical (unpaired) electrons. The van der Waals surface area contributed by atoms with Crippen LogP contribution in [-0.4, -0.2) is 32.5 Å². The Morgan fingerprint density at radius 1 is 1.31 bits per heavy atom. The van der Waals surface area contributed by atoms with Gasteiger partial charge in [-0.1, -0.05) is 36.9 Å². The molecular formula is C16H18N5O4S-. The number of benzene rings is 1. The Morgan fingerprint density at radius 3 is 2.73 bits per heavy atom. The molecule has 10 heteroatoms. The molecule has 0 saturated carbocycles. The van der Waals surface area contributed by atoms with Gasteiger partial charge in [0.1, 0.15) is 5.69 Å². The van der Waals surface area contributed by atoms with Gasteiger partial charge < -0.3 is 21.1 Å². The molecule has 0 bridgehead atoms. The fourth-order valence-corrected chi connectivity index (χ4v) is 2.82. The highest BCUT2D eigenvalue weighted by molar-refractivity contribution is 7.99. The van der Waals surface area contributed by atoms with Gasteiger partial charge in [-0.3, -0.25) is 9.59 Å². The van der Waals surface area contributed by atoms with E-state index in [1.165, 1.54) is 0 Å². The number of hydrogen-bond acceptors (Lipinski definition) is 8. The second-order valence-electron chi connectivity index (χ2n) is 5.32. The van der Waals surface area contributed by atoms with Crippen molar-refractivity contribution in [3.8, 4) is 0 Å². The first-order chi connectivity index (χ1) is 12.4. The average Bonchev–Trinajstić information content (AvgIpc) is 2.62. The molecule has 1 amide bonds. The molecule has 26 heavy (non-hydrogen) atoms. The van der Waals surface area contributed by atoms with E-state index < -0.39 is 11.5 Å². The number of nitrogens with zero attached hydrogens (tertiary/aromatic N) is 3. The number of rotatable bonds is 8. The van der Waals surface area contributed by atoms with Crippen molar-refractivity contribution in [1.29, 1.82) is 0 Å². The molecule has 1 heterocycles. The second kappa shape index (κ2) is 8.99. The third kappa shape index (κ3) is 5.06. The predicted octanol–water partition coefficient (Wildman–Crippen LogP) is -0.672. The summed E-state index contributed by atoms with van der Waals surface area (Å²) in [6.07, 6.45) is 0.311. The molecule has 0 aliphatic rings. The van der Waals surface area contributed by atoms with E-state index >= 15 is 0 Å². The highest BCUT2D eigenvalue weighted by Gasteiger charge is 2.13. The van der Waals surface area contributed by atoms with Crippen molar-refractivity contribution < 1.29 is 14.7 Å². The van der Waals surface area contributed by atoms with Crippen molar-refractivity contribution in [3.63, 3.8) is 0 Å². The number of nitrogen functional groups attached to an aromatic ring is 1. The Bertz CT molecular complexity index is 868. The van der Waals surface area contributed by atoms with Crippen LogP contribution in [0.3, 0.4) is 0 Å². The largest absolute Gasteiger partial charge is 0.550 e. The summed E-state index contributed by atoms with van der Waals surface area (Å²) in [5.41, 5.74) is 1.02. The molecule has 0 fully saturated rings. The van der Waals surface area contributed by atoms with Crippen molar-refractivity contribution in [2.75, 3.05) is 16.9 Å². The molecule has 138 valence electrons. The lowest BCUT2D eigenvalue weighted by atomic mass is 10.1. The number of carbonyl (C=O) groups excluding carboxylic acids is 2. The summed E-state index contributed by atoms with van der Waals surface area (Å²) < 4.78 is 0.759. The van der Waals surface area contributed by atoms with Crippen LogP contribution in [0.1, 0.15) is 24.6 Å². The summed E-state index contributed by atoms with van der Waals surface area (Å²) >= 11 is 0.959. The minimum Gasteiger partial charge on any atom is -0.550 e.